The van der Waals surface area contributed by atoms with E-state index < -0.39 is 0 Å². The highest BCUT2D eigenvalue weighted by molar-refractivity contribution is 5.92. The Hall–Kier alpha value is -1.65. The number of amides is 1. The predicted octanol–water partition coefficient (Wildman–Crippen LogP) is 2.22. The van der Waals surface area contributed by atoms with Crippen LogP contribution >= 0.6 is 0 Å². The van der Waals surface area contributed by atoms with Crippen molar-refractivity contribution >= 4 is 11.7 Å². The maximum absolute atomic E-state index is 11.7. The number of hydrogen-bond acceptors (Lipinski definition) is 4. The van der Waals surface area contributed by atoms with E-state index in [1.54, 1.807) is 12.1 Å². The molecule has 1 aromatic rings. The molecular weight excluding hydrogens is 228 g/mol. The Labute approximate surface area is 108 Å². The molecule has 0 aromatic carbocycles. The maximum atomic E-state index is 11.7. The first-order valence-electron chi connectivity index (χ1n) is 6.52. The Balaban J connectivity index is 2.43. The van der Waals surface area contributed by atoms with Crippen molar-refractivity contribution in [3.8, 4) is 0 Å². The molecule has 0 atom stereocenters. The van der Waals surface area contributed by atoms with E-state index in [0.29, 0.717) is 24.1 Å². The summed E-state index contributed by atoms with van der Waals surface area (Å²) in [5, 5.41) is 13.8. The minimum Gasteiger partial charge on any atom is -0.366 e. The van der Waals surface area contributed by atoms with Crippen LogP contribution in [0.1, 0.15) is 50.5 Å². The molecule has 1 heterocycles. The van der Waals surface area contributed by atoms with Gasteiger partial charge in [0, 0.05) is 12.6 Å². The van der Waals surface area contributed by atoms with E-state index in [1.165, 1.54) is 0 Å². The predicted molar refractivity (Wildman–Crippen MR) is 72.6 cm³/mol. The van der Waals surface area contributed by atoms with Gasteiger partial charge in [0.2, 0.25) is 0 Å². The summed E-state index contributed by atoms with van der Waals surface area (Å²) in [5.74, 6) is 0.530. The van der Waals surface area contributed by atoms with Crippen LogP contribution in [0, 0.1) is 0 Å². The molecule has 0 saturated heterocycles. The van der Waals surface area contributed by atoms with Gasteiger partial charge in [-0.2, -0.15) is 0 Å². The number of carbonyl (C=O) groups is 1. The van der Waals surface area contributed by atoms with Gasteiger partial charge in [0.05, 0.1) is 0 Å². The van der Waals surface area contributed by atoms with Gasteiger partial charge in [0.1, 0.15) is 5.82 Å². The summed E-state index contributed by atoms with van der Waals surface area (Å²) in [6.45, 7) is 6.88. The first kappa shape index (κ1) is 14.4. The smallest absolute Gasteiger partial charge is 0.271 e. The lowest BCUT2D eigenvalue weighted by Gasteiger charge is -2.08. The highest BCUT2D eigenvalue weighted by Crippen LogP contribution is 2.03. The first-order valence-corrected chi connectivity index (χ1v) is 6.52. The number of aromatic nitrogens is 2. The zero-order valence-corrected chi connectivity index (χ0v) is 11.4. The summed E-state index contributed by atoms with van der Waals surface area (Å²) in [5.41, 5.74) is 0.362. The molecule has 18 heavy (non-hydrogen) atoms. The van der Waals surface area contributed by atoms with Crippen LogP contribution in [-0.2, 0) is 0 Å². The van der Waals surface area contributed by atoms with E-state index in [1.807, 2.05) is 13.8 Å². The second kappa shape index (κ2) is 7.63. The van der Waals surface area contributed by atoms with Crippen LogP contribution in [0.2, 0.25) is 0 Å². The molecule has 0 spiro atoms. The summed E-state index contributed by atoms with van der Waals surface area (Å²) in [4.78, 5) is 11.7. The Morgan fingerprint density at radius 1 is 1.28 bits per heavy atom. The van der Waals surface area contributed by atoms with Gasteiger partial charge < -0.3 is 10.6 Å². The van der Waals surface area contributed by atoms with Gasteiger partial charge in [-0.15, -0.1) is 10.2 Å². The van der Waals surface area contributed by atoms with Crippen LogP contribution < -0.4 is 10.6 Å². The van der Waals surface area contributed by atoms with Gasteiger partial charge >= 0.3 is 0 Å². The number of rotatable bonds is 7. The Morgan fingerprint density at radius 3 is 2.61 bits per heavy atom. The van der Waals surface area contributed by atoms with E-state index in [-0.39, 0.29) is 5.91 Å². The molecule has 0 aliphatic carbocycles. The van der Waals surface area contributed by atoms with E-state index in [4.69, 9.17) is 0 Å². The Bertz CT molecular complexity index is 362. The number of carbonyl (C=O) groups excluding carboxylic acids is 1. The number of unbranched alkanes of at least 4 members (excludes halogenated alkanes) is 2. The molecule has 0 radical (unpaired) electrons. The molecular formula is C13H22N4O. The third-order valence-electron chi connectivity index (χ3n) is 2.40. The molecule has 5 heteroatoms. The topological polar surface area (TPSA) is 66.9 Å². The van der Waals surface area contributed by atoms with Gasteiger partial charge in [-0.3, -0.25) is 4.79 Å². The van der Waals surface area contributed by atoms with Crippen LogP contribution in [0.3, 0.4) is 0 Å². The fourth-order valence-electron chi connectivity index (χ4n) is 1.49. The molecule has 0 aliphatic heterocycles. The third-order valence-corrected chi connectivity index (χ3v) is 2.40. The highest BCUT2D eigenvalue weighted by atomic mass is 16.1. The van der Waals surface area contributed by atoms with Crippen LogP contribution in [0.4, 0.5) is 5.82 Å². The van der Waals surface area contributed by atoms with Gasteiger partial charge in [-0.05, 0) is 32.4 Å². The fraction of sp³-hybridized carbons (Fsp3) is 0.615. The van der Waals surface area contributed by atoms with Crippen LogP contribution in [-0.4, -0.2) is 28.7 Å². The summed E-state index contributed by atoms with van der Waals surface area (Å²) in [7, 11) is 0. The third kappa shape index (κ3) is 5.12. The SMILES string of the molecule is CCCCCNC(=O)c1ccc(NC(C)C)nn1. The minimum atomic E-state index is -0.158. The van der Waals surface area contributed by atoms with E-state index in [9.17, 15) is 4.79 Å². The quantitative estimate of drug-likeness (QED) is 0.728. The second-order valence-corrected chi connectivity index (χ2v) is 4.57. The number of anilines is 1. The van der Waals surface area contributed by atoms with Crippen LogP contribution in [0.25, 0.3) is 0 Å². The largest absolute Gasteiger partial charge is 0.366 e. The average molecular weight is 250 g/mol. The minimum absolute atomic E-state index is 0.158. The lowest BCUT2D eigenvalue weighted by Crippen LogP contribution is -2.25. The van der Waals surface area contributed by atoms with Crippen molar-refractivity contribution in [2.75, 3.05) is 11.9 Å². The second-order valence-electron chi connectivity index (χ2n) is 4.57. The summed E-state index contributed by atoms with van der Waals surface area (Å²) in [6.07, 6.45) is 3.27. The summed E-state index contributed by atoms with van der Waals surface area (Å²) < 4.78 is 0. The van der Waals surface area contributed by atoms with Crippen molar-refractivity contribution in [2.24, 2.45) is 0 Å². The van der Waals surface area contributed by atoms with E-state index >= 15 is 0 Å². The molecule has 1 amide bonds. The molecule has 100 valence electrons. The van der Waals surface area contributed by atoms with Gasteiger partial charge in [0.25, 0.3) is 5.91 Å². The van der Waals surface area contributed by atoms with Gasteiger partial charge in [-0.1, -0.05) is 19.8 Å². The van der Waals surface area contributed by atoms with Crippen molar-refractivity contribution in [1.29, 1.82) is 0 Å². The molecule has 0 unspecified atom stereocenters. The molecule has 0 aliphatic rings. The van der Waals surface area contributed by atoms with E-state index in [0.717, 1.165) is 19.3 Å². The number of hydrogen-bond donors (Lipinski definition) is 2. The van der Waals surface area contributed by atoms with Crippen molar-refractivity contribution in [3.63, 3.8) is 0 Å². The highest BCUT2D eigenvalue weighted by Gasteiger charge is 2.07. The van der Waals surface area contributed by atoms with Crippen molar-refractivity contribution in [1.82, 2.24) is 15.5 Å². The van der Waals surface area contributed by atoms with Crippen molar-refractivity contribution in [2.45, 2.75) is 46.1 Å². The zero-order chi connectivity index (χ0) is 13.4. The van der Waals surface area contributed by atoms with Crippen molar-refractivity contribution < 1.29 is 4.79 Å². The molecule has 2 N–H and O–H groups in total. The van der Waals surface area contributed by atoms with Crippen LogP contribution in [0.5, 0.6) is 0 Å². The average Bonchev–Trinajstić information content (AvgIpc) is 2.34. The molecule has 1 rings (SSSR count). The van der Waals surface area contributed by atoms with Gasteiger partial charge in [-0.25, -0.2) is 0 Å². The fourth-order valence-corrected chi connectivity index (χ4v) is 1.49. The van der Waals surface area contributed by atoms with Gasteiger partial charge in [0.15, 0.2) is 5.69 Å². The standard InChI is InChI=1S/C13H22N4O/c1-4-5-6-9-14-13(18)11-7-8-12(17-16-11)15-10(2)3/h7-8,10H,4-6,9H2,1-3H3,(H,14,18)(H,15,17). The summed E-state index contributed by atoms with van der Waals surface area (Å²) in [6, 6.07) is 3.76. The van der Waals surface area contributed by atoms with Crippen molar-refractivity contribution in [3.05, 3.63) is 17.8 Å². The normalized spacial score (nSPS) is 10.4. The monoisotopic (exact) mass is 250 g/mol. The Morgan fingerprint density at radius 2 is 2.06 bits per heavy atom. The Kier molecular flexibility index (Phi) is 6.11. The summed E-state index contributed by atoms with van der Waals surface area (Å²) >= 11 is 0. The molecule has 5 nitrogen and oxygen atoms in total. The maximum Gasteiger partial charge on any atom is 0.271 e. The number of nitrogens with one attached hydrogen (secondary N) is 2. The molecule has 0 fully saturated rings. The lowest BCUT2D eigenvalue weighted by atomic mass is 10.2. The lowest BCUT2D eigenvalue weighted by molar-refractivity contribution is 0.0947. The molecule has 0 bridgehead atoms. The zero-order valence-electron chi connectivity index (χ0n) is 11.4. The molecule has 1 aromatic heterocycles. The van der Waals surface area contributed by atoms with E-state index in [2.05, 4.69) is 27.8 Å². The van der Waals surface area contributed by atoms with Crippen LogP contribution in [0.15, 0.2) is 12.1 Å². The molecule has 0 saturated carbocycles. The number of nitrogens with zero attached hydrogens (tertiary/aromatic N) is 2. The first-order chi connectivity index (χ1) is 8.63.